The molecule has 0 aromatic carbocycles. The van der Waals surface area contributed by atoms with Crippen molar-refractivity contribution in [2.24, 2.45) is 5.41 Å². The highest BCUT2D eigenvalue weighted by Crippen LogP contribution is 2.25. The molecule has 1 atom stereocenters. The zero-order valence-corrected chi connectivity index (χ0v) is 14.0. The standard InChI is InChI=1S/C14H19N5O.2ClH/c1-14(6-4-7-15-10-14)13(20)16-9-12-18-17-11-5-2-3-8-19(11)12;;/h2-3,5,8,15H,4,6-7,9-10H2,1H3,(H,16,20);2*1H. The highest BCUT2D eigenvalue weighted by molar-refractivity contribution is 5.85. The first-order valence-electron chi connectivity index (χ1n) is 6.97. The van der Waals surface area contributed by atoms with E-state index in [1.807, 2.05) is 35.7 Å². The van der Waals surface area contributed by atoms with Crippen molar-refractivity contribution in [2.45, 2.75) is 26.3 Å². The van der Waals surface area contributed by atoms with Crippen molar-refractivity contribution < 1.29 is 4.79 Å². The minimum absolute atomic E-state index is 0. The maximum Gasteiger partial charge on any atom is 0.227 e. The fourth-order valence-corrected chi connectivity index (χ4v) is 2.63. The van der Waals surface area contributed by atoms with Gasteiger partial charge in [-0.05, 0) is 38.4 Å². The van der Waals surface area contributed by atoms with E-state index < -0.39 is 0 Å². The Labute approximate surface area is 141 Å². The van der Waals surface area contributed by atoms with Crippen LogP contribution < -0.4 is 10.6 Å². The summed E-state index contributed by atoms with van der Waals surface area (Å²) in [6, 6.07) is 5.74. The first-order valence-corrected chi connectivity index (χ1v) is 6.97. The zero-order valence-electron chi connectivity index (χ0n) is 12.4. The Morgan fingerprint density at radius 1 is 1.41 bits per heavy atom. The second-order valence-corrected chi connectivity index (χ2v) is 5.57. The Morgan fingerprint density at radius 2 is 2.23 bits per heavy atom. The van der Waals surface area contributed by atoms with Gasteiger partial charge in [-0.2, -0.15) is 0 Å². The summed E-state index contributed by atoms with van der Waals surface area (Å²) in [5.74, 6) is 0.832. The van der Waals surface area contributed by atoms with Gasteiger partial charge in [0, 0.05) is 12.7 Å². The van der Waals surface area contributed by atoms with Gasteiger partial charge in [0.05, 0.1) is 12.0 Å². The molecule has 6 nitrogen and oxygen atoms in total. The molecule has 1 amide bonds. The van der Waals surface area contributed by atoms with Gasteiger partial charge in [-0.25, -0.2) is 0 Å². The fourth-order valence-electron chi connectivity index (χ4n) is 2.63. The molecule has 122 valence electrons. The molecule has 3 heterocycles. The number of carbonyl (C=O) groups excluding carboxylic acids is 1. The van der Waals surface area contributed by atoms with Crippen LogP contribution in [0.4, 0.5) is 0 Å². The number of nitrogens with one attached hydrogen (secondary N) is 2. The average molecular weight is 346 g/mol. The molecule has 3 rings (SSSR count). The van der Waals surface area contributed by atoms with Crippen molar-refractivity contribution >= 4 is 36.4 Å². The van der Waals surface area contributed by atoms with E-state index in [9.17, 15) is 4.79 Å². The predicted octanol–water partition coefficient (Wildman–Crippen LogP) is 1.58. The van der Waals surface area contributed by atoms with Crippen molar-refractivity contribution in [3.8, 4) is 0 Å². The molecule has 1 aliphatic heterocycles. The van der Waals surface area contributed by atoms with Gasteiger partial charge in [0.15, 0.2) is 11.5 Å². The number of aromatic nitrogens is 3. The van der Waals surface area contributed by atoms with Crippen LogP contribution >= 0.6 is 24.8 Å². The molecule has 2 N–H and O–H groups in total. The van der Waals surface area contributed by atoms with Gasteiger partial charge in [0.2, 0.25) is 5.91 Å². The van der Waals surface area contributed by atoms with E-state index in [0.29, 0.717) is 6.54 Å². The third kappa shape index (κ3) is 3.69. The van der Waals surface area contributed by atoms with Gasteiger partial charge in [0.25, 0.3) is 0 Å². The number of amides is 1. The van der Waals surface area contributed by atoms with Gasteiger partial charge >= 0.3 is 0 Å². The van der Waals surface area contributed by atoms with Crippen LogP contribution in [-0.4, -0.2) is 33.6 Å². The Bertz CT molecular complexity index is 624. The van der Waals surface area contributed by atoms with Gasteiger partial charge < -0.3 is 10.6 Å². The number of piperidine rings is 1. The summed E-state index contributed by atoms with van der Waals surface area (Å²) in [5, 5.41) is 14.5. The monoisotopic (exact) mass is 345 g/mol. The molecule has 1 saturated heterocycles. The minimum Gasteiger partial charge on any atom is -0.348 e. The summed E-state index contributed by atoms with van der Waals surface area (Å²) in [6.45, 7) is 4.15. The molecule has 1 fully saturated rings. The first-order chi connectivity index (χ1) is 9.69. The Kier molecular flexibility index (Phi) is 6.59. The number of rotatable bonds is 3. The summed E-state index contributed by atoms with van der Waals surface area (Å²) < 4.78 is 1.89. The first kappa shape index (κ1) is 18.7. The molecule has 1 aliphatic rings. The van der Waals surface area contributed by atoms with Crippen LogP contribution in [0.25, 0.3) is 5.65 Å². The Hall–Kier alpha value is -1.37. The van der Waals surface area contributed by atoms with Crippen LogP contribution in [0.1, 0.15) is 25.6 Å². The number of hydrogen-bond donors (Lipinski definition) is 2. The summed E-state index contributed by atoms with van der Waals surface area (Å²) in [4.78, 5) is 12.3. The number of fused-ring (bicyclic) bond motifs is 1. The minimum atomic E-state index is -0.321. The number of carbonyl (C=O) groups is 1. The lowest BCUT2D eigenvalue weighted by molar-refractivity contribution is -0.131. The number of halogens is 2. The lowest BCUT2D eigenvalue weighted by Gasteiger charge is -2.32. The van der Waals surface area contributed by atoms with Crippen LogP contribution in [0, 0.1) is 5.41 Å². The third-order valence-corrected chi connectivity index (χ3v) is 3.94. The van der Waals surface area contributed by atoms with E-state index in [0.717, 1.165) is 37.4 Å². The Balaban J connectivity index is 0.00000121. The van der Waals surface area contributed by atoms with Crippen molar-refractivity contribution in [1.82, 2.24) is 25.2 Å². The molecule has 0 radical (unpaired) electrons. The number of hydrogen-bond acceptors (Lipinski definition) is 4. The van der Waals surface area contributed by atoms with Gasteiger partial charge in [-0.1, -0.05) is 6.07 Å². The summed E-state index contributed by atoms with van der Waals surface area (Å²) in [6.07, 6.45) is 3.87. The quantitative estimate of drug-likeness (QED) is 0.885. The van der Waals surface area contributed by atoms with Gasteiger partial charge in [-0.15, -0.1) is 35.0 Å². The summed E-state index contributed by atoms with van der Waals surface area (Å²) >= 11 is 0. The molecule has 0 saturated carbocycles. The predicted molar refractivity (Wildman–Crippen MR) is 89.5 cm³/mol. The maximum atomic E-state index is 12.3. The smallest absolute Gasteiger partial charge is 0.227 e. The van der Waals surface area contributed by atoms with E-state index in [1.165, 1.54) is 0 Å². The largest absolute Gasteiger partial charge is 0.348 e. The van der Waals surface area contributed by atoms with Crippen molar-refractivity contribution in [3.05, 3.63) is 30.2 Å². The van der Waals surface area contributed by atoms with Crippen molar-refractivity contribution in [3.63, 3.8) is 0 Å². The highest BCUT2D eigenvalue weighted by Gasteiger charge is 2.34. The molecule has 0 aliphatic carbocycles. The summed E-state index contributed by atoms with van der Waals surface area (Å²) in [5.41, 5.74) is 0.473. The fraction of sp³-hybridized carbons (Fsp3) is 0.500. The average Bonchev–Trinajstić information content (AvgIpc) is 2.89. The lowest BCUT2D eigenvalue weighted by Crippen LogP contribution is -2.48. The van der Waals surface area contributed by atoms with Gasteiger partial charge in [0.1, 0.15) is 0 Å². The second-order valence-electron chi connectivity index (χ2n) is 5.57. The molecular weight excluding hydrogens is 325 g/mol. The van der Waals surface area contributed by atoms with E-state index in [4.69, 9.17) is 0 Å². The highest BCUT2D eigenvalue weighted by atomic mass is 35.5. The number of nitrogens with zero attached hydrogens (tertiary/aromatic N) is 3. The topological polar surface area (TPSA) is 71.3 Å². The van der Waals surface area contributed by atoms with E-state index >= 15 is 0 Å². The zero-order chi connectivity index (χ0) is 14.0. The molecule has 1 unspecified atom stereocenters. The van der Waals surface area contributed by atoms with Crippen molar-refractivity contribution in [1.29, 1.82) is 0 Å². The molecule has 0 bridgehead atoms. The van der Waals surface area contributed by atoms with E-state index in [2.05, 4.69) is 20.8 Å². The van der Waals surface area contributed by atoms with Crippen LogP contribution in [-0.2, 0) is 11.3 Å². The molecule has 2 aromatic heterocycles. The van der Waals surface area contributed by atoms with Crippen LogP contribution in [0.2, 0.25) is 0 Å². The molecule has 8 heteroatoms. The normalized spacial score (nSPS) is 20.8. The molecular formula is C14H21Cl2N5O. The SMILES string of the molecule is CC1(C(=O)NCc2nnc3ccccn23)CCCNC1.Cl.Cl. The maximum absolute atomic E-state index is 12.3. The second kappa shape index (κ2) is 7.76. The molecule has 2 aromatic rings. The molecule has 22 heavy (non-hydrogen) atoms. The van der Waals surface area contributed by atoms with Gasteiger partial charge in [-0.3, -0.25) is 9.20 Å². The Morgan fingerprint density at radius 3 is 2.95 bits per heavy atom. The lowest BCUT2D eigenvalue weighted by atomic mass is 9.82. The van der Waals surface area contributed by atoms with Crippen LogP contribution in [0.15, 0.2) is 24.4 Å². The van der Waals surface area contributed by atoms with Crippen LogP contribution in [0.5, 0.6) is 0 Å². The third-order valence-electron chi connectivity index (χ3n) is 3.94. The van der Waals surface area contributed by atoms with Crippen LogP contribution in [0.3, 0.4) is 0 Å². The van der Waals surface area contributed by atoms with E-state index in [-0.39, 0.29) is 36.1 Å². The summed E-state index contributed by atoms with van der Waals surface area (Å²) in [7, 11) is 0. The van der Waals surface area contributed by atoms with E-state index in [1.54, 1.807) is 0 Å². The van der Waals surface area contributed by atoms with Crippen molar-refractivity contribution in [2.75, 3.05) is 13.1 Å². The number of pyridine rings is 1. The molecule has 0 spiro atoms.